The van der Waals surface area contributed by atoms with Crippen LogP contribution in [0.2, 0.25) is 0 Å². The molecule has 0 saturated heterocycles. The van der Waals surface area contributed by atoms with E-state index >= 15 is 0 Å². The van der Waals surface area contributed by atoms with Crippen molar-refractivity contribution in [1.29, 1.82) is 0 Å². The van der Waals surface area contributed by atoms with Crippen molar-refractivity contribution in [1.82, 2.24) is 0 Å². The number of hydrogen-bond donors (Lipinski definition) is 2. The Labute approximate surface area is 75.9 Å². The van der Waals surface area contributed by atoms with Crippen LogP contribution in [-0.4, -0.2) is 12.6 Å². The molecule has 0 spiro atoms. The van der Waals surface area contributed by atoms with Gasteiger partial charge in [0, 0.05) is 16.5 Å². The third-order valence-electron chi connectivity index (χ3n) is 1.39. The normalized spacial score (nSPS) is 9.75. The summed E-state index contributed by atoms with van der Waals surface area (Å²) in [5, 5.41) is 0. The van der Waals surface area contributed by atoms with Crippen molar-refractivity contribution < 1.29 is 0 Å². The zero-order valence-corrected chi connectivity index (χ0v) is 7.47. The zero-order valence-electron chi connectivity index (χ0n) is 6.66. The average Bonchev–Trinajstić information content (AvgIpc) is 2.05. The van der Waals surface area contributed by atoms with E-state index in [2.05, 4.69) is 11.7 Å². The summed E-state index contributed by atoms with van der Waals surface area (Å²) in [5.41, 5.74) is 12.5. The Bertz CT molecular complexity index is 286. The van der Waals surface area contributed by atoms with E-state index in [1.165, 1.54) is 11.8 Å². The van der Waals surface area contributed by atoms with Gasteiger partial charge in [-0.2, -0.15) is 0 Å². The molecule has 3 nitrogen and oxygen atoms in total. The lowest BCUT2D eigenvalue weighted by atomic mass is 10.3. The van der Waals surface area contributed by atoms with Gasteiger partial charge < -0.3 is 11.5 Å². The lowest BCUT2D eigenvalue weighted by molar-refractivity contribution is 1.35. The predicted molar refractivity (Wildman–Crippen MR) is 55.0 cm³/mol. The van der Waals surface area contributed by atoms with Crippen LogP contribution in [0.1, 0.15) is 0 Å². The second-order valence-corrected chi connectivity index (χ2v) is 3.26. The van der Waals surface area contributed by atoms with Gasteiger partial charge in [-0.3, -0.25) is 4.99 Å². The number of thioether (sulfide) groups is 1. The van der Waals surface area contributed by atoms with E-state index in [1.807, 2.05) is 12.1 Å². The zero-order chi connectivity index (χ0) is 8.97. The number of hydrogen-bond acceptors (Lipinski definition) is 4. The fraction of sp³-hybridized carbons (Fsp3) is 0.125. The van der Waals surface area contributed by atoms with Crippen LogP contribution in [0.4, 0.5) is 11.4 Å². The summed E-state index contributed by atoms with van der Waals surface area (Å²) in [6, 6.07) is 5.48. The van der Waals surface area contributed by atoms with Crippen molar-refractivity contribution >= 4 is 29.9 Å². The molecule has 0 heterocycles. The maximum Gasteiger partial charge on any atom is 0.0760 e. The molecule has 0 unspecified atom stereocenters. The lowest BCUT2D eigenvalue weighted by Gasteiger charge is -2.03. The van der Waals surface area contributed by atoms with Crippen molar-refractivity contribution in [3.8, 4) is 0 Å². The molecule has 0 radical (unpaired) electrons. The second-order valence-electron chi connectivity index (χ2n) is 2.20. The van der Waals surface area contributed by atoms with Gasteiger partial charge in [-0.05, 0) is 24.9 Å². The number of rotatable bonds is 3. The quantitative estimate of drug-likeness (QED) is 0.322. The molecular weight excluding hydrogens is 170 g/mol. The molecule has 1 rings (SSSR count). The van der Waals surface area contributed by atoms with Crippen molar-refractivity contribution in [2.45, 2.75) is 4.90 Å². The summed E-state index contributed by atoms with van der Waals surface area (Å²) in [6.45, 7) is 3.46. The van der Waals surface area contributed by atoms with Gasteiger partial charge in [0.2, 0.25) is 0 Å². The number of benzene rings is 1. The highest BCUT2D eigenvalue weighted by molar-refractivity contribution is 7.99. The van der Waals surface area contributed by atoms with E-state index in [-0.39, 0.29) is 0 Å². The van der Waals surface area contributed by atoms with Crippen molar-refractivity contribution in [3.63, 3.8) is 0 Å². The van der Waals surface area contributed by atoms with E-state index in [0.717, 1.165) is 16.3 Å². The van der Waals surface area contributed by atoms with Crippen LogP contribution < -0.4 is 11.5 Å². The Balaban J connectivity index is 3.03. The first-order chi connectivity index (χ1) is 5.77. The smallest absolute Gasteiger partial charge is 0.0760 e. The fourth-order valence-electron chi connectivity index (χ4n) is 0.867. The molecule has 0 saturated carbocycles. The van der Waals surface area contributed by atoms with E-state index in [9.17, 15) is 0 Å². The molecule has 0 fully saturated rings. The Kier molecular flexibility index (Phi) is 3.13. The highest BCUT2D eigenvalue weighted by Gasteiger charge is 1.99. The third-order valence-corrected chi connectivity index (χ3v) is 2.20. The van der Waals surface area contributed by atoms with Crippen LogP contribution in [-0.2, 0) is 0 Å². The van der Waals surface area contributed by atoms with Crippen molar-refractivity contribution in [3.05, 3.63) is 18.2 Å². The van der Waals surface area contributed by atoms with Gasteiger partial charge in [0.15, 0.2) is 0 Å². The van der Waals surface area contributed by atoms with Crippen molar-refractivity contribution in [2.75, 3.05) is 11.6 Å². The van der Waals surface area contributed by atoms with Gasteiger partial charge in [-0.1, -0.05) is 0 Å². The second kappa shape index (κ2) is 4.13. The van der Waals surface area contributed by atoms with Gasteiger partial charge in [0.1, 0.15) is 0 Å². The monoisotopic (exact) mass is 181 g/mol. The lowest BCUT2D eigenvalue weighted by Crippen LogP contribution is -1.92. The van der Waals surface area contributed by atoms with Gasteiger partial charge in [0.25, 0.3) is 0 Å². The van der Waals surface area contributed by atoms with Crippen LogP contribution >= 0.6 is 11.8 Å². The SMILES string of the molecule is C=Nc1ccc(N)cc1SCN. The molecule has 0 aliphatic rings. The Morgan fingerprint density at radius 2 is 2.25 bits per heavy atom. The molecule has 0 amide bonds. The fourth-order valence-corrected chi connectivity index (χ4v) is 1.55. The average molecular weight is 181 g/mol. The van der Waals surface area contributed by atoms with E-state index in [1.54, 1.807) is 6.07 Å². The van der Waals surface area contributed by atoms with Crippen LogP contribution in [0.3, 0.4) is 0 Å². The number of nitrogen functional groups attached to an aromatic ring is 1. The Morgan fingerprint density at radius 3 is 2.83 bits per heavy atom. The molecular formula is C8H11N3S. The topological polar surface area (TPSA) is 64.4 Å². The predicted octanol–water partition coefficient (Wildman–Crippen LogP) is 1.61. The molecule has 0 bridgehead atoms. The van der Waals surface area contributed by atoms with Gasteiger partial charge in [0.05, 0.1) is 5.69 Å². The van der Waals surface area contributed by atoms with Crippen LogP contribution in [0, 0.1) is 0 Å². The molecule has 4 N–H and O–H groups in total. The number of nitrogens with two attached hydrogens (primary N) is 2. The summed E-state index contributed by atoms with van der Waals surface area (Å²) in [4.78, 5) is 4.83. The minimum atomic E-state index is 0.520. The molecule has 0 aliphatic heterocycles. The number of anilines is 1. The van der Waals surface area contributed by atoms with E-state index in [4.69, 9.17) is 11.5 Å². The number of aliphatic imine (C=N–C) groups is 1. The molecule has 0 atom stereocenters. The summed E-state index contributed by atoms with van der Waals surface area (Å²) >= 11 is 1.50. The molecule has 4 heteroatoms. The number of nitrogens with zero attached hydrogens (tertiary/aromatic N) is 1. The first-order valence-electron chi connectivity index (χ1n) is 3.47. The van der Waals surface area contributed by atoms with Gasteiger partial charge in [-0.15, -0.1) is 11.8 Å². The Hall–Kier alpha value is -1.00. The minimum absolute atomic E-state index is 0.520. The van der Waals surface area contributed by atoms with E-state index in [0.29, 0.717) is 5.88 Å². The first kappa shape index (κ1) is 9.09. The van der Waals surface area contributed by atoms with Gasteiger partial charge in [-0.25, -0.2) is 0 Å². The maximum atomic E-state index is 5.60. The minimum Gasteiger partial charge on any atom is -0.399 e. The highest BCUT2D eigenvalue weighted by Crippen LogP contribution is 2.29. The summed E-state index contributed by atoms with van der Waals surface area (Å²) in [6.07, 6.45) is 0. The Morgan fingerprint density at radius 1 is 1.50 bits per heavy atom. The summed E-state index contributed by atoms with van der Waals surface area (Å²) in [5.74, 6) is 0.520. The third kappa shape index (κ3) is 1.99. The summed E-state index contributed by atoms with van der Waals surface area (Å²) < 4.78 is 0. The first-order valence-corrected chi connectivity index (χ1v) is 4.45. The molecule has 1 aromatic rings. The standard InChI is InChI=1S/C8H11N3S/c1-11-7-3-2-6(10)4-8(7)12-5-9/h2-4H,1,5,9-10H2. The van der Waals surface area contributed by atoms with Crippen LogP contribution in [0.15, 0.2) is 28.1 Å². The van der Waals surface area contributed by atoms with Crippen molar-refractivity contribution in [2.24, 2.45) is 10.7 Å². The van der Waals surface area contributed by atoms with Gasteiger partial charge >= 0.3 is 0 Å². The van der Waals surface area contributed by atoms with E-state index < -0.39 is 0 Å². The molecule has 12 heavy (non-hydrogen) atoms. The molecule has 0 aromatic heterocycles. The highest BCUT2D eigenvalue weighted by atomic mass is 32.2. The summed E-state index contributed by atoms with van der Waals surface area (Å²) in [7, 11) is 0. The molecule has 64 valence electrons. The molecule has 1 aromatic carbocycles. The molecule has 0 aliphatic carbocycles. The van der Waals surface area contributed by atoms with Crippen LogP contribution in [0.5, 0.6) is 0 Å². The maximum absolute atomic E-state index is 5.60. The largest absolute Gasteiger partial charge is 0.399 e. The van der Waals surface area contributed by atoms with Crippen LogP contribution in [0.25, 0.3) is 0 Å².